The number of nitrogens with two attached hydrogens (primary N) is 1. The van der Waals surface area contributed by atoms with Crippen LogP contribution in [0.4, 0.5) is 0 Å². The van der Waals surface area contributed by atoms with Crippen LogP contribution in [0.2, 0.25) is 0 Å². The van der Waals surface area contributed by atoms with Crippen LogP contribution in [0.3, 0.4) is 0 Å². The summed E-state index contributed by atoms with van der Waals surface area (Å²) in [6.07, 6.45) is 20.9. The Morgan fingerprint density at radius 3 is 2.21 bits per heavy atom. The van der Waals surface area contributed by atoms with E-state index in [-0.39, 0.29) is 5.91 Å². The molecule has 28 heavy (non-hydrogen) atoms. The lowest BCUT2D eigenvalue weighted by Gasteiger charge is -2.35. The number of carbonyl (C=O) groups excluding carboxylic acids is 1. The van der Waals surface area contributed by atoms with Crippen molar-refractivity contribution >= 4 is 11.9 Å². The zero-order chi connectivity index (χ0) is 19.6. The van der Waals surface area contributed by atoms with E-state index in [0.29, 0.717) is 11.9 Å². The molecule has 4 heteroatoms. The Labute approximate surface area is 171 Å². The molecule has 0 saturated heterocycles. The van der Waals surface area contributed by atoms with E-state index in [4.69, 9.17) is 10.7 Å². The monoisotopic (exact) mass is 387 g/mol. The molecule has 1 aliphatic heterocycles. The third kappa shape index (κ3) is 4.74. The van der Waals surface area contributed by atoms with Crippen molar-refractivity contribution < 1.29 is 4.79 Å². The molecule has 1 amide bonds. The molecule has 0 spiro atoms. The summed E-state index contributed by atoms with van der Waals surface area (Å²) in [6, 6.07) is 0. The van der Waals surface area contributed by atoms with Gasteiger partial charge >= 0.3 is 0 Å². The van der Waals surface area contributed by atoms with Gasteiger partial charge in [0.1, 0.15) is 5.54 Å². The second kappa shape index (κ2) is 8.75. The number of amides is 1. The summed E-state index contributed by atoms with van der Waals surface area (Å²) < 4.78 is 0. The molecule has 3 atom stereocenters. The molecule has 3 aliphatic carbocycles. The average Bonchev–Trinajstić information content (AvgIpc) is 3.52. The van der Waals surface area contributed by atoms with E-state index in [1.165, 1.54) is 83.5 Å². The first kappa shape index (κ1) is 20.2. The summed E-state index contributed by atoms with van der Waals surface area (Å²) in [5, 5.41) is 0. The number of rotatable bonds is 8. The number of likely N-dealkylation sites (N-methyl/N-ethyl adjacent to an activating group) is 1. The van der Waals surface area contributed by atoms with Gasteiger partial charge in [-0.15, -0.1) is 0 Å². The summed E-state index contributed by atoms with van der Waals surface area (Å²) in [7, 11) is 1.81. The van der Waals surface area contributed by atoms with E-state index < -0.39 is 5.54 Å². The van der Waals surface area contributed by atoms with Crippen molar-refractivity contribution in [2.75, 3.05) is 7.05 Å². The third-order valence-electron chi connectivity index (χ3n) is 8.26. The minimum absolute atomic E-state index is 0.168. The fraction of sp³-hybridized carbons (Fsp3) is 0.917. The van der Waals surface area contributed by atoms with Crippen LogP contribution in [-0.4, -0.2) is 29.4 Å². The fourth-order valence-electron chi connectivity index (χ4n) is 6.28. The van der Waals surface area contributed by atoms with Crippen molar-refractivity contribution in [3.63, 3.8) is 0 Å². The highest BCUT2D eigenvalue weighted by Crippen LogP contribution is 2.43. The minimum Gasteiger partial charge on any atom is -0.369 e. The molecule has 4 rings (SSSR count). The summed E-state index contributed by atoms with van der Waals surface area (Å²) in [5.41, 5.74) is 5.57. The van der Waals surface area contributed by atoms with Crippen molar-refractivity contribution in [3.05, 3.63) is 0 Å². The molecule has 0 unspecified atom stereocenters. The Bertz CT molecular complexity index is 578. The minimum atomic E-state index is -0.556. The fourth-order valence-corrected chi connectivity index (χ4v) is 6.28. The maximum absolute atomic E-state index is 13.2. The van der Waals surface area contributed by atoms with Crippen LogP contribution >= 0.6 is 0 Å². The van der Waals surface area contributed by atoms with Crippen LogP contribution in [-0.2, 0) is 4.79 Å². The summed E-state index contributed by atoms with van der Waals surface area (Å²) in [6.45, 7) is 0. The average molecular weight is 388 g/mol. The molecule has 0 radical (unpaired) electrons. The van der Waals surface area contributed by atoms with Crippen molar-refractivity contribution in [1.82, 2.24) is 4.90 Å². The van der Waals surface area contributed by atoms with Gasteiger partial charge in [-0.2, -0.15) is 0 Å². The second-order valence-electron chi connectivity index (χ2n) is 10.5. The lowest BCUT2D eigenvalue weighted by Crippen LogP contribution is -2.44. The van der Waals surface area contributed by atoms with E-state index in [9.17, 15) is 4.79 Å². The van der Waals surface area contributed by atoms with Crippen LogP contribution in [0.25, 0.3) is 0 Å². The molecule has 0 aromatic heterocycles. The highest BCUT2D eigenvalue weighted by Gasteiger charge is 2.48. The maximum Gasteiger partial charge on any atom is 0.257 e. The first-order valence-electron chi connectivity index (χ1n) is 12.2. The van der Waals surface area contributed by atoms with Gasteiger partial charge in [-0.3, -0.25) is 9.69 Å². The Morgan fingerprint density at radius 2 is 1.54 bits per heavy atom. The Balaban J connectivity index is 1.39. The highest BCUT2D eigenvalue weighted by atomic mass is 16.2. The van der Waals surface area contributed by atoms with Gasteiger partial charge in [-0.05, 0) is 49.4 Å². The maximum atomic E-state index is 13.2. The number of hydrogen-bond acceptors (Lipinski definition) is 3. The molecule has 3 saturated carbocycles. The molecular formula is C24H41N3O. The lowest BCUT2D eigenvalue weighted by molar-refractivity contribution is -0.131. The van der Waals surface area contributed by atoms with Gasteiger partial charge < -0.3 is 5.73 Å². The van der Waals surface area contributed by atoms with Crippen LogP contribution in [0.5, 0.6) is 0 Å². The number of guanidine groups is 1. The van der Waals surface area contributed by atoms with Gasteiger partial charge in [-0.25, -0.2) is 4.99 Å². The largest absolute Gasteiger partial charge is 0.369 e. The molecule has 3 fully saturated rings. The number of nitrogens with zero attached hydrogens (tertiary/aromatic N) is 2. The molecule has 0 aromatic rings. The van der Waals surface area contributed by atoms with Gasteiger partial charge in [0.15, 0.2) is 5.96 Å². The highest BCUT2D eigenvalue weighted by molar-refractivity contribution is 6.06. The van der Waals surface area contributed by atoms with Crippen LogP contribution in [0.15, 0.2) is 4.99 Å². The molecule has 4 nitrogen and oxygen atoms in total. The van der Waals surface area contributed by atoms with E-state index in [0.717, 1.165) is 37.0 Å². The van der Waals surface area contributed by atoms with E-state index in [1.807, 2.05) is 7.05 Å². The topological polar surface area (TPSA) is 58.7 Å². The number of aliphatic imine (C=N–C) groups is 1. The molecular weight excluding hydrogens is 346 g/mol. The second-order valence-corrected chi connectivity index (χ2v) is 10.5. The Morgan fingerprint density at radius 1 is 0.893 bits per heavy atom. The van der Waals surface area contributed by atoms with Gasteiger partial charge in [0.2, 0.25) is 0 Å². The van der Waals surface area contributed by atoms with Crippen LogP contribution in [0, 0.1) is 23.7 Å². The van der Waals surface area contributed by atoms with Crippen molar-refractivity contribution in [2.45, 2.75) is 108 Å². The van der Waals surface area contributed by atoms with Crippen molar-refractivity contribution in [1.29, 1.82) is 0 Å². The van der Waals surface area contributed by atoms with Gasteiger partial charge in [0.05, 0.1) is 0 Å². The summed E-state index contributed by atoms with van der Waals surface area (Å²) in [4.78, 5) is 19.7. The van der Waals surface area contributed by atoms with E-state index in [1.54, 1.807) is 4.90 Å². The Hall–Kier alpha value is -1.06. The first-order valence-corrected chi connectivity index (χ1v) is 12.2. The van der Waals surface area contributed by atoms with E-state index in [2.05, 4.69) is 0 Å². The van der Waals surface area contributed by atoms with Crippen molar-refractivity contribution in [2.24, 2.45) is 34.4 Å². The quantitative estimate of drug-likeness (QED) is 0.617. The molecule has 0 bridgehead atoms. The predicted octanol–water partition coefficient (Wildman–Crippen LogP) is 5.26. The zero-order valence-electron chi connectivity index (χ0n) is 18.0. The lowest BCUT2D eigenvalue weighted by atomic mass is 9.72. The van der Waals surface area contributed by atoms with Crippen LogP contribution in [0.1, 0.15) is 103 Å². The predicted molar refractivity (Wildman–Crippen MR) is 115 cm³/mol. The van der Waals surface area contributed by atoms with Gasteiger partial charge in [0.25, 0.3) is 5.91 Å². The first-order chi connectivity index (χ1) is 13.6. The third-order valence-corrected chi connectivity index (χ3v) is 8.26. The zero-order valence-corrected chi connectivity index (χ0v) is 18.0. The van der Waals surface area contributed by atoms with Crippen LogP contribution < -0.4 is 5.73 Å². The number of carbonyl (C=O) groups is 1. The smallest absolute Gasteiger partial charge is 0.257 e. The summed E-state index contributed by atoms with van der Waals surface area (Å²) >= 11 is 0. The van der Waals surface area contributed by atoms with Gasteiger partial charge in [0, 0.05) is 7.05 Å². The molecule has 0 aromatic carbocycles. The van der Waals surface area contributed by atoms with Gasteiger partial charge in [-0.1, -0.05) is 77.0 Å². The van der Waals surface area contributed by atoms with Crippen molar-refractivity contribution in [3.8, 4) is 0 Å². The molecule has 2 N–H and O–H groups in total. The SMILES string of the molecule is CN1C(=O)[C@@](CCC2CCCCC2)(C[C@H]2CCC[C@@H](CCC3CC3)C2)N=C1N. The molecule has 4 aliphatic rings. The standard InChI is InChI=1S/C24H41N3O/c1-27-22(28)24(26-23(27)25,15-14-18-6-3-2-4-7-18)17-21-9-5-8-20(16-21)13-12-19-10-11-19/h18-21H,2-17H2,1H3,(H2,25,26)/t20-,21-,24+/m0/s1. The Kier molecular flexibility index (Phi) is 6.32. The number of hydrogen-bond donors (Lipinski definition) is 1. The van der Waals surface area contributed by atoms with E-state index >= 15 is 0 Å². The molecule has 1 heterocycles. The summed E-state index contributed by atoms with van der Waals surface area (Å²) in [5.74, 6) is 3.97. The molecule has 158 valence electrons. The normalized spacial score (nSPS) is 34.7.